The fourth-order valence-electron chi connectivity index (χ4n) is 1.79. The lowest BCUT2D eigenvalue weighted by atomic mass is 10.0. The van der Waals surface area contributed by atoms with E-state index in [1.807, 2.05) is 18.3 Å². The molecule has 0 spiro atoms. The van der Waals surface area contributed by atoms with Gasteiger partial charge in [0.2, 0.25) is 0 Å². The molecule has 3 heteroatoms. The lowest BCUT2D eigenvalue weighted by Crippen LogP contribution is -2.38. The van der Waals surface area contributed by atoms with E-state index in [-0.39, 0.29) is 0 Å². The van der Waals surface area contributed by atoms with E-state index in [2.05, 4.69) is 38.2 Å². The van der Waals surface area contributed by atoms with E-state index in [4.69, 9.17) is 0 Å². The molecule has 0 fully saturated rings. The average Bonchev–Trinajstić information content (AvgIpc) is 2.61. The molecule has 0 saturated carbocycles. The summed E-state index contributed by atoms with van der Waals surface area (Å²) in [5, 5.41) is 13.5. The smallest absolute Gasteiger partial charge is 0.0743 e. The molecule has 0 aliphatic carbocycles. The van der Waals surface area contributed by atoms with Gasteiger partial charge in [-0.05, 0) is 39.3 Å². The molecule has 0 radical (unpaired) electrons. The first-order valence-electron chi connectivity index (χ1n) is 5.97. The van der Waals surface area contributed by atoms with Gasteiger partial charge in [0.15, 0.2) is 0 Å². The summed E-state index contributed by atoms with van der Waals surface area (Å²) in [6, 6.07) is 4.62. The summed E-state index contributed by atoms with van der Waals surface area (Å²) in [6.45, 7) is 8.91. The maximum atomic E-state index is 10.1. The molecule has 2 atom stereocenters. The van der Waals surface area contributed by atoms with E-state index < -0.39 is 5.60 Å². The molecule has 0 aliphatic heterocycles. The lowest BCUT2D eigenvalue weighted by molar-refractivity contribution is 0.0478. The Labute approximate surface area is 103 Å². The van der Waals surface area contributed by atoms with Crippen LogP contribution >= 0.6 is 11.3 Å². The fraction of sp³-hybridized carbons (Fsp3) is 0.692. The highest BCUT2D eigenvalue weighted by atomic mass is 32.1. The van der Waals surface area contributed by atoms with Crippen molar-refractivity contribution < 1.29 is 5.11 Å². The SMILES string of the molecule is CCCC(C)(O)CNC(C)c1ccc(C)s1. The Morgan fingerprint density at radius 1 is 1.50 bits per heavy atom. The number of rotatable bonds is 6. The molecular formula is C13H23NOS. The molecule has 16 heavy (non-hydrogen) atoms. The van der Waals surface area contributed by atoms with Crippen LogP contribution in [0.4, 0.5) is 0 Å². The predicted octanol–water partition coefficient (Wildman–Crippen LogP) is 3.26. The van der Waals surface area contributed by atoms with Gasteiger partial charge in [-0.25, -0.2) is 0 Å². The van der Waals surface area contributed by atoms with Gasteiger partial charge in [0.1, 0.15) is 0 Å². The van der Waals surface area contributed by atoms with Crippen LogP contribution in [0.3, 0.4) is 0 Å². The monoisotopic (exact) mass is 241 g/mol. The van der Waals surface area contributed by atoms with Crippen molar-refractivity contribution in [3.63, 3.8) is 0 Å². The number of thiophene rings is 1. The van der Waals surface area contributed by atoms with E-state index >= 15 is 0 Å². The van der Waals surface area contributed by atoms with E-state index in [0.29, 0.717) is 12.6 Å². The zero-order valence-corrected chi connectivity index (χ0v) is 11.5. The third-order valence-corrected chi connectivity index (χ3v) is 3.95. The van der Waals surface area contributed by atoms with Crippen molar-refractivity contribution in [2.75, 3.05) is 6.54 Å². The summed E-state index contributed by atoms with van der Waals surface area (Å²) in [4.78, 5) is 2.67. The molecule has 2 nitrogen and oxygen atoms in total. The Hall–Kier alpha value is -0.380. The van der Waals surface area contributed by atoms with Gasteiger partial charge < -0.3 is 10.4 Å². The molecule has 2 N–H and O–H groups in total. The Bertz CT molecular complexity index is 319. The number of aliphatic hydroxyl groups is 1. The highest BCUT2D eigenvalue weighted by Crippen LogP contribution is 2.23. The maximum Gasteiger partial charge on any atom is 0.0743 e. The summed E-state index contributed by atoms with van der Waals surface area (Å²) in [5.74, 6) is 0. The van der Waals surface area contributed by atoms with Crippen molar-refractivity contribution in [1.29, 1.82) is 0 Å². The van der Waals surface area contributed by atoms with Crippen molar-refractivity contribution in [1.82, 2.24) is 5.32 Å². The minimum absolute atomic E-state index is 0.321. The standard InChI is InChI=1S/C13H23NOS/c1-5-8-13(4,15)9-14-11(3)12-7-6-10(2)16-12/h6-7,11,14-15H,5,8-9H2,1-4H3. The van der Waals surface area contributed by atoms with Crippen molar-refractivity contribution in [2.45, 2.75) is 52.2 Å². The van der Waals surface area contributed by atoms with Crippen LogP contribution in [0.2, 0.25) is 0 Å². The Morgan fingerprint density at radius 2 is 2.19 bits per heavy atom. The topological polar surface area (TPSA) is 32.3 Å². The first kappa shape index (κ1) is 13.7. The first-order chi connectivity index (χ1) is 7.44. The normalized spacial score (nSPS) is 17.1. The van der Waals surface area contributed by atoms with Gasteiger partial charge in [-0.15, -0.1) is 11.3 Å². The molecular weight excluding hydrogens is 218 g/mol. The quantitative estimate of drug-likeness (QED) is 0.801. The second kappa shape index (κ2) is 5.80. The number of nitrogens with one attached hydrogen (secondary N) is 1. The van der Waals surface area contributed by atoms with Crippen LogP contribution in [-0.2, 0) is 0 Å². The van der Waals surface area contributed by atoms with E-state index in [9.17, 15) is 5.11 Å². The van der Waals surface area contributed by atoms with Crippen molar-refractivity contribution >= 4 is 11.3 Å². The van der Waals surface area contributed by atoms with E-state index in [1.54, 1.807) is 0 Å². The Morgan fingerprint density at radius 3 is 2.69 bits per heavy atom. The second-order valence-corrected chi connectivity index (χ2v) is 6.12. The first-order valence-corrected chi connectivity index (χ1v) is 6.78. The minimum atomic E-state index is -0.588. The van der Waals surface area contributed by atoms with Gasteiger partial charge in [0, 0.05) is 22.3 Å². The summed E-state index contributed by atoms with van der Waals surface area (Å²) >= 11 is 1.82. The molecule has 2 unspecified atom stereocenters. The molecule has 0 amide bonds. The third kappa shape index (κ3) is 4.24. The Kier molecular flexibility index (Phi) is 4.96. The lowest BCUT2D eigenvalue weighted by Gasteiger charge is -2.25. The number of aryl methyl sites for hydroxylation is 1. The average molecular weight is 241 g/mol. The van der Waals surface area contributed by atoms with E-state index in [0.717, 1.165) is 12.8 Å². The van der Waals surface area contributed by atoms with Crippen molar-refractivity contribution in [3.05, 3.63) is 21.9 Å². The summed E-state index contributed by atoms with van der Waals surface area (Å²) in [7, 11) is 0. The van der Waals surface area contributed by atoms with Gasteiger partial charge in [-0.1, -0.05) is 13.3 Å². The maximum absolute atomic E-state index is 10.1. The number of hydrogen-bond donors (Lipinski definition) is 2. The summed E-state index contributed by atoms with van der Waals surface area (Å²) < 4.78 is 0. The zero-order valence-electron chi connectivity index (χ0n) is 10.7. The van der Waals surface area contributed by atoms with Crippen molar-refractivity contribution in [3.8, 4) is 0 Å². The highest BCUT2D eigenvalue weighted by Gasteiger charge is 2.20. The van der Waals surface area contributed by atoms with Crippen LogP contribution in [0.5, 0.6) is 0 Å². The third-order valence-electron chi connectivity index (χ3n) is 2.77. The molecule has 0 bridgehead atoms. The number of hydrogen-bond acceptors (Lipinski definition) is 3. The predicted molar refractivity (Wildman–Crippen MR) is 71.0 cm³/mol. The van der Waals surface area contributed by atoms with Gasteiger partial charge in [-0.2, -0.15) is 0 Å². The zero-order chi connectivity index (χ0) is 12.2. The molecule has 1 rings (SSSR count). The second-order valence-electron chi connectivity index (χ2n) is 4.80. The molecule has 0 saturated heterocycles. The van der Waals surface area contributed by atoms with Gasteiger partial charge in [0.25, 0.3) is 0 Å². The molecule has 1 aromatic heterocycles. The van der Waals surface area contributed by atoms with Crippen LogP contribution in [0.15, 0.2) is 12.1 Å². The van der Waals surface area contributed by atoms with Crippen LogP contribution in [-0.4, -0.2) is 17.3 Å². The van der Waals surface area contributed by atoms with Crippen LogP contribution in [0, 0.1) is 6.92 Å². The van der Waals surface area contributed by atoms with E-state index in [1.165, 1.54) is 9.75 Å². The summed E-state index contributed by atoms with van der Waals surface area (Å²) in [6.07, 6.45) is 1.86. The molecule has 92 valence electrons. The fourth-order valence-corrected chi connectivity index (χ4v) is 2.69. The van der Waals surface area contributed by atoms with Gasteiger partial charge in [-0.3, -0.25) is 0 Å². The molecule has 0 aliphatic rings. The minimum Gasteiger partial charge on any atom is -0.389 e. The Balaban J connectivity index is 2.43. The van der Waals surface area contributed by atoms with Crippen LogP contribution in [0.1, 0.15) is 49.4 Å². The molecule has 1 heterocycles. The highest BCUT2D eigenvalue weighted by molar-refractivity contribution is 7.12. The molecule has 1 aromatic rings. The molecule has 0 aromatic carbocycles. The largest absolute Gasteiger partial charge is 0.389 e. The van der Waals surface area contributed by atoms with Gasteiger partial charge >= 0.3 is 0 Å². The summed E-state index contributed by atoms with van der Waals surface area (Å²) in [5.41, 5.74) is -0.588. The van der Waals surface area contributed by atoms with Crippen LogP contribution in [0.25, 0.3) is 0 Å². The van der Waals surface area contributed by atoms with Crippen molar-refractivity contribution in [2.24, 2.45) is 0 Å². The van der Waals surface area contributed by atoms with Gasteiger partial charge in [0.05, 0.1) is 5.60 Å². The van der Waals surface area contributed by atoms with Crippen LogP contribution < -0.4 is 5.32 Å².